The topological polar surface area (TPSA) is 102 Å². The molecule has 1 N–H and O–H groups in total. The van der Waals surface area contributed by atoms with E-state index in [9.17, 15) is 13.2 Å². The van der Waals surface area contributed by atoms with Crippen molar-refractivity contribution in [2.45, 2.75) is 10.1 Å². The second-order valence-electron chi connectivity index (χ2n) is 4.55. The lowest BCUT2D eigenvalue weighted by atomic mass is 10.2. The summed E-state index contributed by atoms with van der Waals surface area (Å²) in [5.74, 6) is -0.582. The van der Waals surface area contributed by atoms with Crippen molar-refractivity contribution in [3.05, 3.63) is 60.1 Å². The van der Waals surface area contributed by atoms with Gasteiger partial charge in [0.2, 0.25) is 19.3 Å². The van der Waals surface area contributed by atoms with Gasteiger partial charge in [-0.15, -0.1) is 10.2 Å². The summed E-state index contributed by atoms with van der Waals surface area (Å²) in [5.41, 5.74) is 0.656. The fourth-order valence-corrected chi connectivity index (χ4v) is 4.12. The Morgan fingerprint density at radius 3 is 2.61 bits per heavy atom. The average molecular weight is 349 g/mol. The van der Waals surface area contributed by atoms with Crippen LogP contribution in [0.5, 0.6) is 0 Å². The molecular formula is C14H11N3O4S2. The van der Waals surface area contributed by atoms with E-state index >= 15 is 0 Å². The highest BCUT2D eigenvalue weighted by Crippen LogP contribution is 2.23. The zero-order chi connectivity index (χ0) is 16.3. The summed E-state index contributed by atoms with van der Waals surface area (Å²) in [6.07, 6.45) is 1.37. The molecule has 3 aromatic rings. The molecule has 0 saturated heterocycles. The highest BCUT2D eigenvalue weighted by molar-refractivity contribution is 7.92. The smallest absolute Gasteiger partial charge is 0.293 e. The molecule has 1 aromatic carbocycles. The van der Waals surface area contributed by atoms with Crippen LogP contribution in [0.1, 0.15) is 16.1 Å². The number of carbonyl (C=O) groups excluding carboxylic acids is 1. The van der Waals surface area contributed by atoms with Crippen LogP contribution in [0.3, 0.4) is 0 Å². The van der Waals surface area contributed by atoms with E-state index in [4.69, 9.17) is 4.42 Å². The van der Waals surface area contributed by atoms with E-state index in [-0.39, 0.29) is 21.0 Å². The Balaban J connectivity index is 1.74. The second kappa shape index (κ2) is 6.31. The third-order valence-corrected chi connectivity index (χ3v) is 5.81. The minimum atomic E-state index is -3.61. The maximum atomic E-state index is 12.3. The van der Waals surface area contributed by atoms with Crippen LogP contribution in [0, 0.1) is 0 Å². The predicted octanol–water partition coefficient (Wildman–Crippen LogP) is 2.36. The average Bonchev–Trinajstić information content (AvgIpc) is 3.19. The molecule has 0 atom stereocenters. The molecule has 0 radical (unpaired) electrons. The van der Waals surface area contributed by atoms with Gasteiger partial charge in [-0.2, -0.15) is 0 Å². The molecule has 0 saturated carbocycles. The van der Waals surface area contributed by atoms with Gasteiger partial charge in [0.25, 0.3) is 5.91 Å². The SMILES string of the molecule is O=C(Nc1nnc(S(=O)(=O)Cc2ccccc2)s1)c1ccco1. The molecule has 23 heavy (non-hydrogen) atoms. The Morgan fingerprint density at radius 2 is 1.91 bits per heavy atom. The van der Waals surface area contributed by atoms with Crippen molar-refractivity contribution in [3.8, 4) is 0 Å². The van der Waals surface area contributed by atoms with E-state index in [1.807, 2.05) is 6.07 Å². The fraction of sp³-hybridized carbons (Fsp3) is 0.0714. The number of carbonyl (C=O) groups is 1. The number of hydrogen-bond donors (Lipinski definition) is 1. The number of sulfone groups is 1. The van der Waals surface area contributed by atoms with Crippen molar-refractivity contribution in [2.24, 2.45) is 0 Å². The van der Waals surface area contributed by atoms with Gasteiger partial charge in [0.1, 0.15) is 0 Å². The highest BCUT2D eigenvalue weighted by atomic mass is 32.2. The normalized spacial score (nSPS) is 11.3. The molecular weight excluding hydrogens is 338 g/mol. The van der Waals surface area contributed by atoms with Crippen molar-refractivity contribution in [2.75, 3.05) is 5.32 Å². The van der Waals surface area contributed by atoms with E-state index in [0.717, 1.165) is 11.3 Å². The minimum Gasteiger partial charge on any atom is -0.459 e. The van der Waals surface area contributed by atoms with Gasteiger partial charge in [0, 0.05) is 0 Å². The van der Waals surface area contributed by atoms with E-state index in [1.165, 1.54) is 12.3 Å². The molecule has 0 aliphatic carbocycles. The van der Waals surface area contributed by atoms with Gasteiger partial charge in [-0.1, -0.05) is 41.7 Å². The Hall–Kier alpha value is -2.52. The van der Waals surface area contributed by atoms with Gasteiger partial charge in [0.05, 0.1) is 12.0 Å². The molecule has 0 spiro atoms. The molecule has 0 bridgehead atoms. The zero-order valence-electron chi connectivity index (χ0n) is 11.7. The lowest BCUT2D eigenvalue weighted by molar-refractivity contribution is 0.0996. The Labute approximate surface area is 135 Å². The number of anilines is 1. The number of rotatable bonds is 5. The molecule has 0 aliphatic heterocycles. The third kappa shape index (κ3) is 3.63. The minimum absolute atomic E-state index is 0.0954. The summed E-state index contributed by atoms with van der Waals surface area (Å²) in [5, 5.41) is 9.89. The molecule has 1 amide bonds. The van der Waals surface area contributed by atoms with Crippen LogP contribution in [-0.2, 0) is 15.6 Å². The highest BCUT2D eigenvalue weighted by Gasteiger charge is 2.22. The van der Waals surface area contributed by atoms with Gasteiger partial charge in [-0.25, -0.2) is 8.42 Å². The van der Waals surface area contributed by atoms with E-state index < -0.39 is 15.7 Å². The number of nitrogens with one attached hydrogen (secondary N) is 1. The maximum Gasteiger partial charge on any atom is 0.293 e. The maximum absolute atomic E-state index is 12.3. The van der Waals surface area contributed by atoms with Crippen LogP contribution in [-0.4, -0.2) is 24.5 Å². The number of hydrogen-bond acceptors (Lipinski definition) is 7. The van der Waals surface area contributed by atoms with Crippen LogP contribution in [0.4, 0.5) is 5.13 Å². The largest absolute Gasteiger partial charge is 0.459 e. The van der Waals surface area contributed by atoms with Gasteiger partial charge in [-0.3, -0.25) is 10.1 Å². The van der Waals surface area contributed by atoms with Crippen LogP contribution in [0.15, 0.2) is 57.5 Å². The van der Waals surface area contributed by atoms with Crippen LogP contribution >= 0.6 is 11.3 Å². The van der Waals surface area contributed by atoms with Gasteiger partial charge >= 0.3 is 0 Å². The van der Waals surface area contributed by atoms with Crippen molar-refractivity contribution >= 4 is 32.2 Å². The van der Waals surface area contributed by atoms with Crippen molar-refractivity contribution in [1.29, 1.82) is 0 Å². The third-order valence-electron chi connectivity index (χ3n) is 2.84. The summed E-state index contributed by atoms with van der Waals surface area (Å²) >= 11 is 0.801. The molecule has 2 aromatic heterocycles. The van der Waals surface area contributed by atoms with Gasteiger partial charge in [-0.05, 0) is 17.7 Å². The van der Waals surface area contributed by atoms with Crippen LogP contribution < -0.4 is 5.32 Å². The predicted molar refractivity (Wildman–Crippen MR) is 83.9 cm³/mol. The summed E-state index contributed by atoms with van der Waals surface area (Å²) < 4.78 is 29.4. The molecule has 9 heteroatoms. The second-order valence-corrected chi connectivity index (χ2v) is 7.69. The summed E-state index contributed by atoms with van der Waals surface area (Å²) in [4.78, 5) is 11.8. The van der Waals surface area contributed by atoms with Crippen molar-refractivity contribution in [3.63, 3.8) is 0 Å². The molecule has 0 unspecified atom stereocenters. The molecule has 7 nitrogen and oxygen atoms in total. The monoisotopic (exact) mass is 349 g/mol. The van der Waals surface area contributed by atoms with E-state index in [2.05, 4.69) is 15.5 Å². The first kappa shape index (κ1) is 15.4. The van der Waals surface area contributed by atoms with Crippen LogP contribution in [0.25, 0.3) is 0 Å². The van der Waals surface area contributed by atoms with Crippen molar-refractivity contribution in [1.82, 2.24) is 10.2 Å². The number of benzene rings is 1. The lowest BCUT2D eigenvalue weighted by Gasteiger charge is -2.00. The Morgan fingerprint density at radius 1 is 1.13 bits per heavy atom. The lowest BCUT2D eigenvalue weighted by Crippen LogP contribution is -2.10. The van der Waals surface area contributed by atoms with E-state index in [1.54, 1.807) is 30.3 Å². The van der Waals surface area contributed by atoms with Crippen molar-refractivity contribution < 1.29 is 17.6 Å². The number of amides is 1. The Bertz CT molecular complexity index is 903. The first-order chi connectivity index (χ1) is 11.0. The number of aromatic nitrogens is 2. The summed E-state index contributed by atoms with van der Waals surface area (Å²) in [6.45, 7) is 0. The fourth-order valence-electron chi connectivity index (χ4n) is 1.81. The number of furan rings is 1. The van der Waals surface area contributed by atoms with Gasteiger partial charge in [0.15, 0.2) is 5.76 Å². The Kier molecular flexibility index (Phi) is 4.22. The first-order valence-corrected chi connectivity index (χ1v) is 8.96. The summed E-state index contributed by atoms with van der Waals surface area (Å²) in [7, 11) is -3.61. The molecule has 0 aliphatic rings. The van der Waals surface area contributed by atoms with E-state index in [0.29, 0.717) is 5.56 Å². The molecule has 0 fully saturated rings. The first-order valence-electron chi connectivity index (χ1n) is 6.50. The zero-order valence-corrected chi connectivity index (χ0v) is 13.3. The van der Waals surface area contributed by atoms with Crippen LogP contribution in [0.2, 0.25) is 0 Å². The summed E-state index contributed by atoms with van der Waals surface area (Å²) in [6, 6.07) is 11.8. The molecule has 2 heterocycles. The number of nitrogens with zero attached hydrogens (tertiary/aromatic N) is 2. The standard InChI is InChI=1S/C14H11N3O4S2/c18-12(11-7-4-8-21-11)15-13-16-17-14(22-13)23(19,20)9-10-5-2-1-3-6-10/h1-8H,9H2,(H,15,16,18). The quantitative estimate of drug-likeness (QED) is 0.709. The molecule has 3 rings (SSSR count). The molecule has 118 valence electrons. The van der Waals surface area contributed by atoms with Gasteiger partial charge < -0.3 is 4.42 Å².